The van der Waals surface area contributed by atoms with Crippen molar-refractivity contribution in [3.63, 3.8) is 0 Å². The van der Waals surface area contributed by atoms with Crippen molar-refractivity contribution < 1.29 is 24.0 Å². The van der Waals surface area contributed by atoms with Gasteiger partial charge in [-0.05, 0) is 5.92 Å². The first-order chi connectivity index (χ1) is 8.32. The molecule has 98 valence electrons. The van der Waals surface area contributed by atoms with Gasteiger partial charge >= 0.3 is 11.7 Å². The maximum Gasteiger partial charge on any atom is 0.338 e. The molecule has 0 spiro atoms. The van der Waals surface area contributed by atoms with Crippen molar-refractivity contribution in [3.8, 4) is 5.75 Å². The summed E-state index contributed by atoms with van der Waals surface area (Å²) in [5, 5.41) is 19.4. The van der Waals surface area contributed by atoms with Crippen LogP contribution in [0.25, 0.3) is 0 Å². The molecule has 18 heavy (non-hydrogen) atoms. The minimum atomic E-state index is -1.56. The van der Waals surface area contributed by atoms with Gasteiger partial charge in [-0.2, -0.15) is 0 Å². The quantitative estimate of drug-likeness (QED) is 0.646. The number of halogens is 1. The van der Waals surface area contributed by atoms with E-state index in [9.17, 15) is 19.3 Å². The fraction of sp³-hybridized carbons (Fsp3) is 0.364. The highest BCUT2D eigenvalue weighted by molar-refractivity contribution is 5.89. The molecule has 0 radical (unpaired) electrons. The number of hydrogen-bond acceptors (Lipinski definition) is 4. The summed E-state index contributed by atoms with van der Waals surface area (Å²) < 4.78 is 18.5. The summed E-state index contributed by atoms with van der Waals surface area (Å²) >= 11 is 0. The van der Waals surface area contributed by atoms with Gasteiger partial charge in [0.25, 0.3) is 0 Å². The van der Waals surface area contributed by atoms with Crippen LogP contribution in [0.4, 0.5) is 10.1 Å². The number of benzene rings is 1. The van der Waals surface area contributed by atoms with Crippen molar-refractivity contribution in [3.05, 3.63) is 33.6 Å². The topological polar surface area (TPSA) is 89.7 Å². The zero-order valence-corrected chi connectivity index (χ0v) is 9.84. The Balaban J connectivity index is 3.20. The van der Waals surface area contributed by atoms with Crippen LogP contribution in [0.5, 0.6) is 5.75 Å². The molecule has 1 aromatic carbocycles. The molecule has 0 heterocycles. The van der Waals surface area contributed by atoms with Gasteiger partial charge in [0.1, 0.15) is 11.4 Å². The van der Waals surface area contributed by atoms with E-state index < -0.39 is 28.0 Å². The minimum absolute atomic E-state index is 0.104. The van der Waals surface area contributed by atoms with Gasteiger partial charge in [0, 0.05) is 12.1 Å². The van der Waals surface area contributed by atoms with Gasteiger partial charge in [-0.1, -0.05) is 13.8 Å². The normalized spacial score (nSPS) is 10.4. The van der Waals surface area contributed by atoms with Gasteiger partial charge in [-0.25, -0.2) is 9.18 Å². The minimum Gasteiger partial charge on any atom is -0.486 e. The summed E-state index contributed by atoms with van der Waals surface area (Å²) in [5.74, 6) is -2.79. The van der Waals surface area contributed by atoms with Crippen LogP contribution in [0.1, 0.15) is 24.2 Å². The molecule has 0 saturated heterocycles. The molecule has 0 bridgehead atoms. The molecule has 1 N–H and O–H groups in total. The van der Waals surface area contributed by atoms with Crippen molar-refractivity contribution in [1.82, 2.24) is 0 Å². The number of carboxylic acids is 1. The number of nitro groups is 1. The Kier molecular flexibility index (Phi) is 4.19. The third kappa shape index (κ3) is 3.16. The van der Waals surface area contributed by atoms with E-state index >= 15 is 0 Å². The van der Waals surface area contributed by atoms with Crippen molar-refractivity contribution in [2.24, 2.45) is 5.92 Å². The lowest BCUT2D eigenvalue weighted by molar-refractivity contribution is -0.386. The maximum absolute atomic E-state index is 13.4. The molecule has 1 rings (SSSR count). The molecule has 0 aromatic heterocycles. The Morgan fingerprint density at radius 2 is 2.17 bits per heavy atom. The van der Waals surface area contributed by atoms with Gasteiger partial charge < -0.3 is 9.84 Å². The molecule has 1 aromatic rings. The van der Waals surface area contributed by atoms with Gasteiger partial charge in [0.2, 0.25) is 0 Å². The highest BCUT2D eigenvalue weighted by Crippen LogP contribution is 2.30. The van der Waals surface area contributed by atoms with E-state index in [0.29, 0.717) is 6.07 Å². The first-order valence-corrected chi connectivity index (χ1v) is 5.17. The van der Waals surface area contributed by atoms with E-state index in [1.807, 2.05) is 13.8 Å². The first kappa shape index (κ1) is 13.9. The molecule has 0 amide bonds. The zero-order chi connectivity index (χ0) is 13.9. The third-order valence-electron chi connectivity index (χ3n) is 2.05. The van der Waals surface area contributed by atoms with Crippen LogP contribution in [0.3, 0.4) is 0 Å². The standard InChI is InChI=1S/C11H12FNO5/c1-6(2)5-18-10-4-8(12)7(11(14)15)3-9(10)13(16)17/h3-4,6H,5H2,1-2H3,(H,14,15). The van der Waals surface area contributed by atoms with Gasteiger partial charge in [0.15, 0.2) is 5.75 Å². The largest absolute Gasteiger partial charge is 0.486 e. The second-order valence-electron chi connectivity index (χ2n) is 4.07. The molecule has 7 heteroatoms. The van der Waals surface area contributed by atoms with Crippen molar-refractivity contribution in [2.45, 2.75) is 13.8 Å². The van der Waals surface area contributed by atoms with Crippen LogP contribution in [0.2, 0.25) is 0 Å². The predicted molar refractivity (Wildman–Crippen MR) is 60.3 cm³/mol. The lowest BCUT2D eigenvalue weighted by atomic mass is 10.1. The fourth-order valence-electron chi connectivity index (χ4n) is 1.22. The smallest absolute Gasteiger partial charge is 0.338 e. The zero-order valence-electron chi connectivity index (χ0n) is 9.84. The SMILES string of the molecule is CC(C)COc1cc(F)c(C(=O)O)cc1[N+](=O)[O-]. The van der Waals surface area contributed by atoms with Gasteiger partial charge in [-0.15, -0.1) is 0 Å². The van der Waals surface area contributed by atoms with Crippen LogP contribution in [0, 0.1) is 21.8 Å². The number of aromatic carboxylic acids is 1. The van der Waals surface area contributed by atoms with Crippen LogP contribution in [-0.4, -0.2) is 22.6 Å². The number of carbonyl (C=O) groups is 1. The summed E-state index contributed by atoms with van der Waals surface area (Å²) in [5.41, 5.74) is -1.31. The summed E-state index contributed by atoms with van der Waals surface area (Å²) in [6.45, 7) is 3.83. The molecule has 0 unspecified atom stereocenters. The highest BCUT2D eigenvalue weighted by Gasteiger charge is 2.23. The Morgan fingerprint density at radius 1 is 1.56 bits per heavy atom. The van der Waals surface area contributed by atoms with Gasteiger partial charge in [-0.3, -0.25) is 10.1 Å². The summed E-state index contributed by atoms with van der Waals surface area (Å²) in [4.78, 5) is 20.6. The summed E-state index contributed by atoms with van der Waals surface area (Å²) in [6, 6.07) is 1.39. The molecule has 0 aliphatic heterocycles. The second kappa shape index (κ2) is 5.44. The molecule has 6 nitrogen and oxygen atoms in total. The number of hydrogen-bond donors (Lipinski definition) is 1. The molecule has 0 aliphatic rings. The van der Waals surface area contributed by atoms with E-state index in [1.165, 1.54) is 0 Å². The number of nitro benzene ring substituents is 1. The Labute approximate surface area is 102 Å². The fourth-order valence-corrected chi connectivity index (χ4v) is 1.22. The van der Waals surface area contributed by atoms with Crippen molar-refractivity contribution in [2.75, 3.05) is 6.61 Å². The number of carboxylic acid groups (broad SMARTS) is 1. The summed E-state index contributed by atoms with van der Waals surface area (Å²) in [7, 11) is 0. The Hall–Kier alpha value is -2.18. The molecule has 0 atom stereocenters. The molecular formula is C11H12FNO5. The number of ether oxygens (including phenoxy) is 1. The molecule has 0 saturated carbocycles. The summed E-state index contributed by atoms with van der Waals surface area (Å²) in [6.07, 6.45) is 0. The highest BCUT2D eigenvalue weighted by atomic mass is 19.1. The van der Waals surface area contributed by atoms with Crippen LogP contribution in [-0.2, 0) is 0 Å². The molecule has 0 fully saturated rings. The number of rotatable bonds is 5. The third-order valence-corrected chi connectivity index (χ3v) is 2.05. The van der Waals surface area contributed by atoms with E-state index in [4.69, 9.17) is 9.84 Å². The second-order valence-corrected chi connectivity index (χ2v) is 4.07. The predicted octanol–water partition coefficient (Wildman–Crippen LogP) is 2.47. The van der Waals surface area contributed by atoms with E-state index in [0.717, 1.165) is 6.07 Å². The van der Waals surface area contributed by atoms with Crippen LogP contribution >= 0.6 is 0 Å². The van der Waals surface area contributed by atoms with Crippen molar-refractivity contribution in [1.29, 1.82) is 0 Å². The Bertz CT molecular complexity index is 487. The van der Waals surface area contributed by atoms with E-state index in [-0.39, 0.29) is 18.3 Å². The number of nitrogens with zero attached hydrogens (tertiary/aromatic N) is 1. The average molecular weight is 257 g/mol. The first-order valence-electron chi connectivity index (χ1n) is 5.17. The monoisotopic (exact) mass is 257 g/mol. The maximum atomic E-state index is 13.4. The van der Waals surface area contributed by atoms with E-state index in [1.54, 1.807) is 0 Å². The lowest BCUT2D eigenvalue weighted by Gasteiger charge is -2.09. The van der Waals surface area contributed by atoms with Crippen molar-refractivity contribution >= 4 is 11.7 Å². The Morgan fingerprint density at radius 3 is 2.61 bits per heavy atom. The van der Waals surface area contributed by atoms with E-state index in [2.05, 4.69) is 0 Å². The average Bonchev–Trinajstić information content (AvgIpc) is 2.25. The van der Waals surface area contributed by atoms with Gasteiger partial charge in [0.05, 0.1) is 11.5 Å². The molecule has 0 aliphatic carbocycles. The molecular weight excluding hydrogens is 245 g/mol. The van der Waals surface area contributed by atoms with Crippen LogP contribution in [0.15, 0.2) is 12.1 Å². The lowest BCUT2D eigenvalue weighted by Crippen LogP contribution is -2.08. The van der Waals surface area contributed by atoms with Crippen LogP contribution < -0.4 is 4.74 Å².